The predicted octanol–water partition coefficient (Wildman–Crippen LogP) is 0.993. The van der Waals surface area contributed by atoms with Crippen LogP contribution in [0.25, 0.3) is 0 Å². The number of esters is 1. The van der Waals surface area contributed by atoms with Crippen LogP contribution >= 0.6 is 12.6 Å². The van der Waals surface area contributed by atoms with E-state index < -0.39 is 0 Å². The Morgan fingerprint density at radius 1 is 1.88 bits per heavy atom. The number of carbonyl (C=O) groups is 1. The first kappa shape index (κ1) is 7.56. The number of hydrogen-bond acceptors (Lipinski definition) is 3. The molecule has 0 amide bonds. The molecular formula is C5H8O2S. The molecule has 0 heterocycles. The molecule has 0 fully saturated rings. The predicted molar refractivity (Wildman–Crippen MR) is 34.8 cm³/mol. The molecule has 0 aliphatic heterocycles. The first-order chi connectivity index (χ1) is 3.81. The van der Waals surface area contributed by atoms with Gasteiger partial charge in [0, 0.05) is 6.08 Å². The Bertz CT molecular complexity index is 98.6. The van der Waals surface area contributed by atoms with E-state index in [0.717, 1.165) is 0 Å². The lowest BCUT2D eigenvalue weighted by Crippen LogP contribution is -1.96. The fourth-order valence-corrected chi connectivity index (χ4v) is 0.375. The van der Waals surface area contributed by atoms with Crippen LogP contribution < -0.4 is 0 Å². The maximum atomic E-state index is 10.3. The molecule has 0 aromatic heterocycles. The highest BCUT2D eigenvalue weighted by atomic mass is 32.1. The first-order valence-electron chi connectivity index (χ1n) is 2.21. The Morgan fingerprint density at radius 3 is 2.88 bits per heavy atom. The van der Waals surface area contributed by atoms with Gasteiger partial charge in [-0.25, -0.2) is 4.79 Å². The Kier molecular flexibility index (Phi) is 4.45. The molecule has 0 saturated heterocycles. The molecule has 0 spiro atoms. The summed E-state index contributed by atoms with van der Waals surface area (Å²) >= 11 is 3.68. The number of thiol groups is 1. The standard InChI is InChI=1S/C5H8O2S/c1-2-3-5(6)7-4-8/h2-3,8H,4H2,1H3. The number of rotatable bonds is 2. The summed E-state index contributed by atoms with van der Waals surface area (Å²) in [7, 11) is 0. The van der Waals surface area contributed by atoms with E-state index in [1.54, 1.807) is 13.0 Å². The van der Waals surface area contributed by atoms with Gasteiger partial charge in [-0.2, -0.15) is 0 Å². The zero-order valence-electron chi connectivity index (χ0n) is 4.63. The van der Waals surface area contributed by atoms with Gasteiger partial charge in [0.1, 0.15) is 5.94 Å². The van der Waals surface area contributed by atoms with Crippen LogP contribution in [0.4, 0.5) is 0 Å². The molecule has 0 rings (SSSR count). The molecule has 46 valence electrons. The van der Waals surface area contributed by atoms with Crippen LogP contribution in [0, 0.1) is 0 Å². The van der Waals surface area contributed by atoms with Crippen molar-refractivity contribution in [3.05, 3.63) is 12.2 Å². The third kappa shape index (κ3) is 3.74. The summed E-state index contributed by atoms with van der Waals surface area (Å²) in [6.45, 7) is 1.75. The van der Waals surface area contributed by atoms with Crippen LogP contribution in [0.5, 0.6) is 0 Å². The fraction of sp³-hybridized carbons (Fsp3) is 0.400. The number of ether oxygens (including phenoxy) is 1. The second-order valence-corrected chi connectivity index (χ2v) is 1.35. The van der Waals surface area contributed by atoms with Crippen molar-refractivity contribution in [3.63, 3.8) is 0 Å². The summed E-state index contributed by atoms with van der Waals surface area (Å²) in [6, 6.07) is 0. The smallest absolute Gasteiger partial charge is 0.331 e. The molecule has 0 bridgehead atoms. The average molecular weight is 132 g/mol. The van der Waals surface area contributed by atoms with Crippen molar-refractivity contribution < 1.29 is 9.53 Å². The topological polar surface area (TPSA) is 26.3 Å². The highest BCUT2D eigenvalue weighted by molar-refractivity contribution is 7.80. The quantitative estimate of drug-likeness (QED) is 0.262. The Hall–Kier alpha value is -0.440. The fourth-order valence-electron chi connectivity index (χ4n) is 0.248. The van der Waals surface area contributed by atoms with E-state index in [-0.39, 0.29) is 11.9 Å². The van der Waals surface area contributed by atoms with Crippen molar-refractivity contribution >= 4 is 18.6 Å². The van der Waals surface area contributed by atoms with E-state index in [4.69, 9.17) is 0 Å². The van der Waals surface area contributed by atoms with Gasteiger partial charge < -0.3 is 4.74 Å². The number of allylic oxidation sites excluding steroid dienone is 1. The molecule has 0 aliphatic carbocycles. The molecule has 0 aromatic rings. The Morgan fingerprint density at radius 2 is 2.50 bits per heavy atom. The molecule has 0 saturated carbocycles. The van der Waals surface area contributed by atoms with Crippen molar-refractivity contribution in [2.75, 3.05) is 5.94 Å². The lowest BCUT2D eigenvalue weighted by molar-refractivity contribution is -0.135. The zero-order chi connectivity index (χ0) is 6.41. The van der Waals surface area contributed by atoms with Crippen molar-refractivity contribution in [3.8, 4) is 0 Å². The minimum Gasteiger partial charge on any atom is -0.452 e. The molecule has 0 atom stereocenters. The van der Waals surface area contributed by atoms with E-state index >= 15 is 0 Å². The summed E-state index contributed by atoms with van der Waals surface area (Å²) in [5.74, 6) is -0.203. The van der Waals surface area contributed by atoms with Crippen LogP contribution in [0.3, 0.4) is 0 Å². The largest absolute Gasteiger partial charge is 0.452 e. The molecule has 3 heteroatoms. The third-order valence-corrected chi connectivity index (χ3v) is 0.639. The Labute approximate surface area is 53.9 Å². The summed E-state index contributed by atoms with van der Waals surface area (Å²) in [6.07, 6.45) is 2.96. The minimum atomic E-state index is -0.345. The monoisotopic (exact) mass is 132 g/mol. The number of carbonyl (C=O) groups excluding carboxylic acids is 1. The molecule has 2 nitrogen and oxygen atoms in total. The van der Waals surface area contributed by atoms with Gasteiger partial charge in [0.2, 0.25) is 0 Å². The molecular weight excluding hydrogens is 124 g/mol. The van der Waals surface area contributed by atoms with Crippen molar-refractivity contribution in [2.45, 2.75) is 6.92 Å². The SMILES string of the molecule is CC=CC(=O)OCS. The van der Waals surface area contributed by atoms with Crippen molar-refractivity contribution in [1.82, 2.24) is 0 Å². The molecule has 0 aliphatic rings. The molecule has 0 radical (unpaired) electrons. The highest BCUT2D eigenvalue weighted by Crippen LogP contribution is 1.81. The Balaban J connectivity index is 3.33. The summed E-state index contributed by atoms with van der Waals surface area (Å²) < 4.78 is 4.42. The summed E-state index contributed by atoms with van der Waals surface area (Å²) in [5, 5.41) is 0. The average Bonchev–Trinajstić information content (AvgIpc) is 1.68. The summed E-state index contributed by atoms with van der Waals surface area (Å²) in [4.78, 5) is 10.3. The zero-order valence-corrected chi connectivity index (χ0v) is 5.52. The second kappa shape index (κ2) is 4.71. The van der Waals surface area contributed by atoms with E-state index in [0.29, 0.717) is 0 Å². The van der Waals surface area contributed by atoms with E-state index in [2.05, 4.69) is 17.4 Å². The van der Waals surface area contributed by atoms with Crippen molar-refractivity contribution in [1.29, 1.82) is 0 Å². The molecule has 0 N–H and O–H groups in total. The maximum absolute atomic E-state index is 10.3. The van der Waals surface area contributed by atoms with Gasteiger partial charge in [0.05, 0.1) is 0 Å². The van der Waals surface area contributed by atoms with Gasteiger partial charge in [0.25, 0.3) is 0 Å². The van der Waals surface area contributed by atoms with Crippen LogP contribution in [0.2, 0.25) is 0 Å². The molecule has 0 unspecified atom stereocenters. The number of hydrogen-bond donors (Lipinski definition) is 1. The minimum absolute atomic E-state index is 0.142. The lowest BCUT2D eigenvalue weighted by atomic mass is 10.5. The normalized spacial score (nSPS) is 9.75. The van der Waals surface area contributed by atoms with Crippen LogP contribution in [0.15, 0.2) is 12.2 Å². The second-order valence-electron chi connectivity index (χ2n) is 1.09. The third-order valence-electron chi connectivity index (χ3n) is 0.510. The van der Waals surface area contributed by atoms with E-state index in [1.165, 1.54) is 6.08 Å². The van der Waals surface area contributed by atoms with Gasteiger partial charge >= 0.3 is 5.97 Å². The van der Waals surface area contributed by atoms with Crippen LogP contribution in [-0.2, 0) is 9.53 Å². The van der Waals surface area contributed by atoms with E-state index in [1.807, 2.05) is 0 Å². The highest BCUT2D eigenvalue weighted by Gasteiger charge is 1.88. The molecule has 8 heavy (non-hydrogen) atoms. The van der Waals surface area contributed by atoms with Gasteiger partial charge in [-0.1, -0.05) is 6.08 Å². The summed E-state index contributed by atoms with van der Waals surface area (Å²) in [5.41, 5.74) is 0. The first-order valence-corrected chi connectivity index (χ1v) is 2.84. The van der Waals surface area contributed by atoms with E-state index in [9.17, 15) is 4.79 Å². The maximum Gasteiger partial charge on any atom is 0.331 e. The lowest BCUT2D eigenvalue weighted by Gasteiger charge is -1.91. The van der Waals surface area contributed by atoms with Gasteiger partial charge in [-0.05, 0) is 6.92 Å². The van der Waals surface area contributed by atoms with Gasteiger partial charge in [-0.15, -0.1) is 12.6 Å². The van der Waals surface area contributed by atoms with Crippen LogP contribution in [-0.4, -0.2) is 11.9 Å². The van der Waals surface area contributed by atoms with Crippen LogP contribution in [0.1, 0.15) is 6.92 Å². The molecule has 0 aromatic carbocycles. The van der Waals surface area contributed by atoms with Gasteiger partial charge in [0.15, 0.2) is 0 Å². The van der Waals surface area contributed by atoms with Crippen molar-refractivity contribution in [2.24, 2.45) is 0 Å². The van der Waals surface area contributed by atoms with Gasteiger partial charge in [-0.3, -0.25) is 0 Å².